The van der Waals surface area contributed by atoms with Crippen LogP contribution in [0.4, 0.5) is 0 Å². The van der Waals surface area contributed by atoms with Crippen LogP contribution in [-0.4, -0.2) is 36.1 Å². The van der Waals surface area contributed by atoms with Crippen LogP contribution in [0, 0.1) is 5.92 Å². The van der Waals surface area contributed by atoms with E-state index in [9.17, 15) is 0 Å². The predicted molar refractivity (Wildman–Crippen MR) is 69.2 cm³/mol. The summed E-state index contributed by atoms with van der Waals surface area (Å²) in [6.07, 6.45) is 4.44. The van der Waals surface area contributed by atoms with Gasteiger partial charge in [0.05, 0.1) is 0 Å². The van der Waals surface area contributed by atoms with Gasteiger partial charge in [-0.3, -0.25) is 4.90 Å². The van der Waals surface area contributed by atoms with Crippen LogP contribution in [0.25, 0.3) is 0 Å². The normalized spacial score (nSPS) is 23.6. The van der Waals surface area contributed by atoms with Crippen LogP contribution < -0.4 is 5.32 Å². The van der Waals surface area contributed by atoms with E-state index in [0.717, 1.165) is 32.1 Å². The Morgan fingerprint density at radius 1 is 1.35 bits per heavy atom. The number of aromatic nitrogens is 1. The van der Waals surface area contributed by atoms with Crippen LogP contribution in [0.3, 0.4) is 0 Å². The Labute approximate surface area is 107 Å². The quantitative estimate of drug-likeness (QED) is 0.834. The molecule has 1 aliphatic heterocycles. The smallest absolute Gasteiger partial charge is 0.133 e. The molecule has 0 radical (unpaired) electrons. The highest BCUT2D eigenvalue weighted by molar-refractivity contribution is 6.30. The maximum atomic E-state index is 6.26. The number of nitrogens with one attached hydrogen (secondary N) is 1. The highest BCUT2D eigenvalue weighted by Crippen LogP contribution is 2.45. The molecule has 1 aromatic rings. The molecule has 1 saturated heterocycles. The average molecular weight is 252 g/mol. The molecule has 0 bridgehead atoms. The fraction of sp³-hybridized carbons (Fsp3) is 0.615. The van der Waals surface area contributed by atoms with Crippen LogP contribution in [0.2, 0.25) is 5.15 Å². The zero-order valence-corrected chi connectivity index (χ0v) is 10.7. The minimum atomic E-state index is 0.485. The maximum absolute atomic E-state index is 6.26. The largest absolute Gasteiger partial charge is 0.314 e. The first-order valence-corrected chi connectivity index (χ1v) is 6.79. The van der Waals surface area contributed by atoms with E-state index < -0.39 is 0 Å². The van der Waals surface area contributed by atoms with E-state index >= 15 is 0 Å². The van der Waals surface area contributed by atoms with Crippen LogP contribution in [-0.2, 0) is 0 Å². The summed E-state index contributed by atoms with van der Waals surface area (Å²) in [4.78, 5) is 6.79. The minimum Gasteiger partial charge on any atom is -0.314 e. The fourth-order valence-electron chi connectivity index (χ4n) is 2.74. The lowest BCUT2D eigenvalue weighted by atomic mass is 10.0. The van der Waals surface area contributed by atoms with Crippen molar-refractivity contribution >= 4 is 11.6 Å². The lowest BCUT2D eigenvalue weighted by molar-refractivity contribution is 0.156. The van der Waals surface area contributed by atoms with E-state index in [1.807, 2.05) is 6.07 Å². The summed E-state index contributed by atoms with van der Waals surface area (Å²) in [5.74, 6) is 0.787. The number of piperazine rings is 1. The summed E-state index contributed by atoms with van der Waals surface area (Å²) >= 11 is 6.26. The SMILES string of the molecule is Clc1ncccc1[C@H](C1CC1)N1CCNCC1. The van der Waals surface area contributed by atoms with E-state index in [2.05, 4.69) is 21.3 Å². The molecule has 2 aliphatic rings. The molecule has 3 nitrogen and oxygen atoms in total. The second-order valence-electron chi connectivity index (χ2n) is 4.95. The highest BCUT2D eigenvalue weighted by atomic mass is 35.5. The van der Waals surface area contributed by atoms with Gasteiger partial charge in [0.25, 0.3) is 0 Å². The summed E-state index contributed by atoms with van der Waals surface area (Å²) in [5.41, 5.74) is 1.22. The average Bonchev–Trinajstić information content (AvgIpc) is 3.18. The summed E-state index contributed by atoms with van der Waals surface area (Å²) < 4.78 is 0. The lowest BCUT2D eigenvalue weighted by Crippen LogP contribution is -2.45. The second-order valence-corrected chi connectivity index (χ2v) is 5.31. The number of hydrogen-bond donors (Lipinski definition) is 1. The van der Waals surface area contributed by atoms with Crippen molar-refractivity contribution in [2.45, 2.75) is 18.9 Å². The van der Waals surface area contributed by atoms with Gasteiger partial charge in [0.2, 0.25) is 0 Å². The molecule has 3 rings (SSSR count). The Kier molecular flexibility index (Phi) is 3.32. The van der Waals surface area contributed by atoms with Crippen molar-refractivity contribution in [3.8, 4) is 0 Å². The molecule has 1 N–H and O–H groups in total. The third-order valence-electron chi connectivity index (χ3n) is 3.72. The van der Waals surface area contributed by atoms with Crippen molar-refractivity contribution < 1.29 is 0 Å². The van der Waals surface area contributed by atoms with Gasteiger partial charge in [0.1, 0.15) is 5.15 Å². The first kappa shape index (κ1) is 11.5. The monoisotopic (exact) mass is 251 g/mol. The van der Waals surface area contributed by atoms with E-state index in [1.54, 1.807) is 6.20 Å². The van der Waals surface area contributed by atoms with E-state index in [0.29, 0.717) is 11.2 Å². The van der Waals surface area contributed by atoms with Gasteiger partial charge in [-0.25, -0.2) is 4.98 Å². The third-order valence-corrected chi connectivity index (χ3v) is 4.04. The number of halogens is 1. The Morgan fingerprint density at radius 2 is 2.12 bits per heavy atom. The van der Waals surface area contributed by atoms with Gasteiger partial charge < -0.3 is 5.32 Å². The molecule has 1 saturated carbocycles. The van der Waals surface area contributed by atoms with E-state index in [-0.39, 0.29) is 0 Å². The molecule has 1 atom stereocenters. The number of pyridine rings is 1. The second kappa shape index (κ2) is 4.92. The molecular formula is C13H18ClN3. The molecule has 1 aromatic heterocycles. The van der Waals surface area contributed by atoms with Gasteiger partial charge in [0, 0.05) is 44.0 Å². The molecule has 0 spiro atoms. The molecule has 4 heteroatoms. The predicted octanol–water partition coefficient (Wildman–Crippen LogP) is 2.09. The van der Waals surface area contributed by atoms with Crippen molar-refractivity contribution in [2.75, 3.05) is 26.2 Å². The highest BCUT2D eigenvalue weighted by Gasteiger charge is 2.37. The lowest BCUT2D eigenvalue weighted by Gasteiger charge is -2.35. The molecule has 2 fully saturated rings. The summed E-state index contributed by atoms with van der Waals surface area (Å²) in [6.45, 7) is 4.40. The minimum absolute atomic E-state index is 0.485. The molecule has 0 amide bonds. The van der Waals surface area contributed by atoms with Gasteiger partial charge in [0.15, 0.2) is 0 Å². The first-order chi connectivity index (χ1) is 8.36. The van der Waals surface area contributed by atoms with Crippen LogP contribution in [0.15, 0.2) is 18.3 Å². The van der Waals surface area contributed by atoms with Gasteiger partial charge in [-0.2, -0.15) is 0 Å². The molecule has 92 valence electrons. The fourth-order valence-corrected chi connectivity index (χ4v) is 2.97. The first-order valence-electron chi connectivity index (χ1n) is 6.41. The van der Waals surface area contributed by atoms with Crippen LogP contribution in [0.5, 0.6) is 0 Å². The van der Waals surface area contributed by atoms with Gasteiger partial charge in [-0.15, -0.1) is 0 Å². The Balaban J connectivity index is 1.86. The van der Waals surface area contributed by atoms with Crippen molar-refractivity contribution in [3.63, 3.8) is 0 Å². The van der Waals surface area contributed by atoms with Crippen LogP contribution >= 0.6 is 11.6 Å². The maximum Gasteiger partial charge on any atom is 0.133 e. The topological polar surface area (TPSA) is 28.2 Å². The standard InChI is InChI=1S/C13H18ClN3/c14-13-11(2-1-5-16-13)12(10-3-4-10)17-8-6-15-7-9-17/h1-2,5,10,12,15H,3-4,6-9H2/t12-/m0/s1. The molecular weight excluding hydrogens is 234 g/mol. The number of hydrogen-bond acceptors (Lipinski definition) is 3. The summed E-state index contributed by atoms with van der Waals surface area (Å²) in [7, 11) is 0. The van der Waals surface area contributed by atoms with E-state index in [1.165, 1.54) is 18.4 Å². The van der Waals surface area contributed by atoms with Gasteiger partial charge in [-0.1, -0.05) is 17.7 Å². The number of rotatable bonds is 3. The van der Waals surface area contributed by atoms with E-state index in [4.69, 9.17) is 11.6 Å². The Morgan fingerprint density at radius 3 is 2.76 bits per heavy atom. The zero-order valence-electron chi connectivity index (χ0n) is 9.90. The molecule has 17 heavy (non-hydrogen) atoms. The molecule has 2 heterocycles. The number of nitrogens with zero attached hydrogens (tertiary/aromatic N) is 2. The molecule has 0 aromatic carbocycles. The molecule has 0 unspecified atom stereocenters. The van der Waals surface area contributed by atoms with Crippen LogP contribution in [0.1, 0.15) is 24.4 Å². The van der Waals surface area contributed by atoms with Crippen molar-refractivity contribution in [3.05, 3.63) is 29.0 Å². The van der Waals surface area contributed by atoms with Gasteiger partial charge >= 0.3 is 0 Å². The van der Waals surface area contributed by atoms with Gasteiger partial charge in [-0.05, 0) is 24.8 Å². The molecule has 1 aliphatic carbocycles. The van der Waals surface area contributed by atoms with Crippen molar-refractivity contribution in [1.29, 1.82) is 0 Å². The van der Waals surface area contributed by atoms with Crippen molar-refractivity contribution in [1.82, 2.24) is 15.2 Å². The zero-order chi connectivity index (χ0) is 11.7. The third kappa shape index (κ3) is 2.46. The summed E-state index contributed by atoms with van der Waals surface area (Å²) in [6, 6.07) is 4.62. The Bertz CT molecular complexity index is 386. The Hall–Kier alpha value is -0.640. The summed E-state index contributed by atoms with van der Waals surface area (Å²) in [5, 5.41) is 4.09. The van der Waals surface area contributed by atoms with Crippen molar-refractivity contribution in [2.24, 2.45) is 5.92 Å².